The maximum Gasteiger partial charge on any atom is 1.00 e. The Morgan fingerprint density at radius 3 is 2.62 bits per heavy atom. The van der Waals surface area contributed by atoms with Crippen molar-refractivity contribution in [3.8, 4) is 11.5 Å². The monoisotopic (exact) mass is 536 g/mol. The van der Waals surface area contributed by atoms with Gasteiger partial charge < -0.3 is 18.9 Å². The Kier molecular flexibility index (Phi) is 8.63. The molecule has 0 bridgehead atoms. The molecule has 0 saturated heterocycles. The Bertz CT molecular complexity index is 1300. The molecule has 2 fully saturated rings. The van der Waals surface area contributed by atoms with E-state index in [-0.39, 0.29) is 82.9 Å². The molecule has 5 rings (SSSR count). The molecular formula is C27H27ClFN2NaO5. The van der Waals surface area contributed by atoms with Crippen LogP contribution in [0.25, 0.3) is 11.5 Å². The average molecular weight is 537 g/mol. The molecule has 37 heavy (non-hydrogen) atoms. The number of Topliss-reactive ketones (excluding diaryl/α,β-unsaturated/α-hetero) is 1. The van der Waals surface area contributed by atoms with Crippen molar-refractivity contribution in [1.29, 1.82) is 0 Å². The van der Waals surface area contributed by atoms with Crippen LogP contribution >= 0.6 is 11.6 Å². The number of aliphatic carboxylic acids is 1. The van der Waals surface area contributed by atoms with Gasteiger partial charge in [0.25, 0.3) is 0 Å². The Morgan fingerprint density at radius 2 is 1.97 bits per heavy atom. The summed E-state index contributed by atoms with van der Waals surface area (Å²) in [6.45, 7) is 2.21. The molecule has 2 saturated carbocycles. The second-order valence-corrected chi connectivity index (χ2v) is 11.0. The summed E-state index contributed by atoms with van der Waals surface area (Å²) < 4.78 is 25.5. The Labute approximate surface area is 241 Å². The van der Waals surface area contributed by atoms with Crippen LogP contribution in [0.2, 0.25) is 5.02 Å². The number of hydrogen-bond acceptors (Lipinski definition) is 7. The molecule has 1 aromatic carbocycles. The van der Waals surface area contributed by atoms with E-state index in [2.05, 4.69) is 17.2 Å². The third-order valence-electron chi connectivity index (χ3n) is 7.20. The largest absolute Gasteiger partial charge is 1.00 e. The van der Waals surface area contributed by atoms with Gasteiger partial charge in [0, 0.05) is 47.8 Å². The summed E-state index contributed by atoms with van der Waals surface area (Å²) in [5.74, 6) is -0.982. The summed E-state index contributed by atoms with van der Waals surface area (Å²) in [4.78, 5) is 24.2. The molecule has 2 heterocycles. The van der Waals surface area contributed by atoms with Crippen molar-refractivity contribution in [2.75, 3.05) is 0 Å². The number of nitrogens with zero attached hydrogens (tertiary/aromatic N) is 2. The van der Waals surface area contributed by atoms with Crippen molar-refractivity contribution in [1.82, 2.24) is 10.3 Å². The van der Waals surface area contributed by atoms with Crippen molar-refractivity contribution >= 4 is 23.4 Å². The number of carboxylic acids is 1. The number of ketones is 1. The van der Waals surface area contributed by atoms with E-state index in [1.54, 1.807) is 0 Å². The SMILES string of the molecule is CC1(Cc2cc(-c3onc([C@@H](CCC(=O)[O-])CC(=O)Cc4ccc(Cl)cc4F)c3C3CC3)no2)CC1.[Na+]. The minimum absolute atomic E-state index is 0. The number of hydrogen-bond donors (Lipinski definition) is 0. The summed E-state index contributed by atoms with van der Waals surface area (Å²) in [5.41, 5.74) is 2.50. The van der Waals surface area contributed by atoms with Gasteiger partial charge in [0.1, 0.15) is 17.4 Å². The standard InChI is InChI=1S/C27H28ClFN2O5.Na/c1-27(8-9-27)14-20-13-22(30-35-20)26-24(15-2-3-15)25(31-36-26)17(5-7-23(33)34)11-19(32)10-16-4-6-18(28)12-21(16)29;/h4,6,12-13,15,17H,2-3,5,7-11,14H2,1H3,(H,33,34);/q;+1/p-1/t17-;/m0./s1. The minimum Gasteiger partial charge on any atom is -0.550 e. The zero-order chi connectivity index (χ0) is 25.4. The van der Waals surface area contributed by atoms with E-state index in [0.717, 1.165) is 43.4 Å². The van der Waals surface area contributed by atoms with Crippen molar-refractivity contribution in [3.63, 3.8) is 0 Å². The zero-order valence-electron chi connectivity index (χ0n) is 21.0. The molecule has 7 nitrogen and oxygen atoms in total. The van der Waals surface area contributed by atoms with Crippen LogP contribution in [0.15, 0.2) is 33.3 Å². The molecule has 2 aliphatic rings. The second-order valence-electron chi connectivity index (χ2n) is 10.5. The number of halogens is 2. The third-order valence-corrected chi connectivity index (χ3v) is 7.43. The Hall–Kier alpha value is -2.00. The zero-order valence-corrected chi connectivity index (χ0v) is 23.8. The fraction of sp³-hybridized carbons (Fsp3) is 0.481. The Morgan fingerprint density at radius 1 is 1.22 bits per heavy atom. The normalized spacial score (nSPS) is 16.7. The number of aromatic nitrogens is 2. The van der Waals surface area contributed by atoms with Crippen molar-refractivity contribution < 1.29 is 57.7 Å². The molecule has 2 aromatic heterocycles. The fourth-order valence-electron chi connectivity index (χ4n) is 4.72. The van der Waals surface area contributed by atoms with Gasteiger partial charge in [-0.3, -0.25) is 4.79 Å². The van der Waals surface area contributed by atoms with Gasteiger partial charge >= 0.3 is 29.6 Å². The Balaban J connectivity index is 0.00000320. The van der Waals surface area contributed by atoms with Crippen molar-refractivity contribution in [3.05, 3.63) is 57.7 Å². The van der Waals surface area contributed by atoms with E-state index in [1.807, 2.05) is 6.07 Å². The quantitative estimate of drug-likeness (QED) is 0.326. The maximum atomic E-state index is 14.2. The molecule has 10 heteroatoms. The van der Waals surface area contributed by atoms with Gasteiger partial charge in [-0.15, -0.1) is 0 Å². The first-order chi connectivity index (χ1) is 17.2. The first-order valence-corrected chi connectivity index (χ1v) is 12.7. The van der Waals surface area contributed by atoms with Crippen LogP contribution in [0.1, 0.15) is 86.3 Å². The molecule has 0 unspecified atom stereocenters. The number of benzene rings is 1. The van der Waals surface area contributed by atoms with Gasteiger partial charge in [0.15, 0.2) is 11.5 Å². The van der Waals surface area contributed by atoms with E-state index in [1.165, 1.54) is 18.2 Å². The van der Waals surface area contributed by atoms with Crippen LogP contribution in [0, 0.1) is 11.2 Å². The fourth-order valence-corrected chi connectivity index (χ4v) is 4.88. The van der Waals surface area contributed by atoms with Gasteiger partial charge in [0.05, 0.1) is 5.69 Å². The summed E-state index contributed by atoms with van der Waals surface area (Å²) in [6.07, 6.45) is 4.83. The predicted octanol–water partition coefficient (Wildman–Crippen LogP) is 2.16. The van der Waals surface area contributed by atoms with Crippen LogP contribution in [-0.2, 0) is 22.4 Å². The van der Waals surface area contributed by atoms with Crippen molar-refractivity contribution in [2.45, 2.75) is 76.5 Å². The molecule has 0 N–H and O–H groups in total. The average Bonchev–Trinajstić information content (AvgIpc) is 3.70. The predicted molar refractivity (Wildman–Crippen MR) is 127 cm³/mol. The van der Waals surface area contributed by atoms with E-state index in [4.69, 9.17) is 20.6 Å². The van der Waals surface area contributed by atoms with Crippen molar-refractivity contribution in [2.24, 2.45) is 5.41 Å². The molecular weight excluding hydrogens is 510 g/mol. The molecule has 0 aliphatic heterocycles. The first kappa shape index (κ1) is 28.0. The van der Waals surface area contributed by atoms with E-state index >= 15 is 0 Å². The van der Waals surface area contributed by atoms with Crippen LogP contribution in [0.4, 0.5) is 4.39 Å². The maximum absolute atomic E-state index is 14.2. The molecule has 2 aliphatic carbocycles. The minimum atomic E-state index is -1.21. The van der Waals surface area contributed by atoms with Crippen LogP contribution in [0.5, 0.6) is 0 Å². The number of carboxylic acid groups (broad SMARTS) is 1. The molecule has 190 valence electrons. The van der Waals surface area contributed by atoms with E-state index in [0.29, 0.717) is 17.1 Å². The topological polar surface area (TPSA) is 109 Å². The van der Waals surface area contributed by atoms with Gasteiger partial charge in [0.2, 0.25) is 0 Å². The number of rotatable bonds is 12. The molecule has 3 aromatic rings. The molecule has 0 radical (unpaired) electrons. The summed E-state index contributed by atoms with van der Waals surface area (Å²) >= 11 is 5.81. The van der Waals surface area contributed by atoms with Crippen LogP contribution in [0.3, 0.4) is 0 Å². The van der Waals surface area contributed by atoms with Gasteiger partial charge in [-0.1, -0.05) is 34.9 Å². The van der Waals surface area contributed by atoms with Crippen LogP contribution < -0.4 is 34.7 Å². The smallest absolute Gasteiger partial charge is 0.550 e. The van der Waals surface area contributed by atoms with Gasteiger partial charge in [-0.25, -0.2) is 4.39 Å². The molecule has 1 atom stereocenters. The second kappa shape index (κ2) is 11.4. The third kappa shape index (κ3) is 6.91. The molecule has 0 amide bonds. The van der Waals surface area contributed by atoms with Gasteiger partial charge in [-0.05, 0) is 67.6 Å². The number of carbonyl (C=O) groups is 2. The van der Waals surface area contributed by atoms with Crippen LogP contribution in [-0.4, -0.2) is 22.1 Å². The summed E-state index contributed by atoms with van der Waals surface area (Å²) in [7, 11) is 0. The van der Waals surface area contributed by atoms with Gasteiger partial charge in [-0.2, -0.15) is 0 Å². The summed E-state index contributed by atoms with van der Waals surface area (Å²) in [5, 5.41) is 20.0. The first-order valence-electron chi connectivity index (χ1n) is 12.3. The van der Waals surface area contributed by atoms with E-state index < -0.39 is 17.7 Å². The molecule has 0 spiro atoms. The van der Waals surface area contributed by atoms with E-state index in [9.17, 15) is 19.1 Å². The number of carbonyl (C=O) groups excluding carboxylic acids is 2. The summed E-state index contributed by atoms with van der Waals surface area (Å²) in [6, 6.07) is 6.07.